The zero-order valence-electron chi connectivity index (χ0n) is 9.65. The number of hydrogen-bond acceptors (Lipinski definition) is 3. The minimum Gasteiger partial charge on any atom is -0.472 e. The molecule has 19 heavy (non-hydrogen) atoms. The largest absolute Gasteiger partial charge is 0.472 e. The number of benzene rings is 1. The Morgan fingerprint density at radius 2 is 1.84 bits per heavy atom. The third-order valence-electron chi connectivity index (χ3n) is 2.76. The molecule has 0 unspecified atom stereocenters. The minimum atomic E-state index is -0.672. The van der Waals surface area contributed by atoms with E-state index in [1.165, 1.54) is 24.7 Å². The quantitative estimate of drug-likeness (QED) is 0.744. The minimum absolute atomic E-state index is 0.168. The summed E-state index contributed by atoms with van der Waals surface area (Å²) in [6.45, 7) is 0. The maximum absolute atomic E-state index is 13.3. The fraction of sp³-hybridized carbons (Fsp3) is 0. The number of nitrogens with zero attached hydrogens (tertiary/aromatic N) is 1. The van der Waals surface area contributed by atoms with Gasteiger partial charge in [0.15, 0.2) is 5.82 Å². The number of aromatic amines is 1. The van der Waals surface area contributed by atoms with E-state index in [1.807, 2.05) is 0 Å². The van der Waals surface area contributed by atoms with Gasteiger partial charge in [0.05, 0.1) is 23.8 Å². The second-order valence-corrected chi connectivity index (χ2v) is 4.03. The number of nitrogens with two attached hydrogens (primary N) is 1. The molecule has 4 nitrogen and oxygen atoms in total. The lowest BCUT2D eigenvalue weighted by atomic mass is 10.0. The van der Waals surface area contributed by atoms with Crippen LogP contribution in [0.25, 0.3) is 22.4 Å². The van der Waals surface area contributed by atoms with Crippen molar-refractivity contribution in [3.8, 4) is 22.4 Å². The first-order valence-electron chi connectivity index (χ1n) is 5.48. The number of nitrogens with one attached hydrogen (secondary N) is 1. The van der Waals surface area contributed by atoms with Crippen molar-refractivity contribution in [2.45, 2.75) is 0 Å². The SMILES string of the molecule is Nc1n[nH]c(-c2ccoc2)c1-c1cc(F)cc(F)c1. The second-order valence-electron chi connectivity index (χ2n) is 4.03. The van der Waals surface area contributed by atoms with Crippen molar-refractivity contribution in [2.75, 3.05) is 5.73 Å². The molecule has 2 aromatic heterocycles. The van der Waals surface area contributed by atoms with Crippen LogP contribution in [0.15, 0.2) is 41.2 Å². The molecule has 0 aliphatic heterocycles. The zero-order valence-corrected chi connectivity index (χ0v) is 9.65. The normalized spacial score (nSPS) is 10.8. The van der Waals surface area contributed by atoms with Gasteiger partial charge in [0.1, 0.15) is 11.6 Å². The van der Waals surface area contributed by atoms with E-state index >= 15 is 0 Å². The highest BCUT2D eigenvalue weighted by atomic mass is 19.1. The van der Waals surface area contributed by atoms with Gasteiger partial charge < -0.3 is 10.2 Å². The van der Waals surface area contributed by atoms with E-state index in [-0.39, 0.29) is 5.82 Å². The Bertz CT molecular complexity index is 699. The third-order valence-corrected chi connectivity index (χ3v) is 2.76. The Kier molecular flexibility index (Phi) is 2.56. The molecule has 0 aliphatic rings. The highest BCUT2D eigenvalue weighted by Crippen LogP contribution is 2.35. The lowest BCUT2D eigenvalue weighted by Gasteiger charge is -2.03. The predicted molar refractivity (Wildman–Crippen MR) is 66.1 cm³/mol. The maximum Gasteiger partial charge on any atom is 0.153 e. The first-order chi connectivity index (χ1) is 9.15. The average Bonchev–Trinajstić information content (AvgIpc) is 2.95. The Labute approximate surface area is 106 Å². The van der Waals surface area contributed by atoms with Crippen LogP contribution in [0.4, 0.5) is 14.6 Å². The summed E-state index contributed by atoms with van der Waals surface area (Å²) in [4.78, 5) is 0. The molecule has 0 fully saturated rings. The van der Waals surface area contributed by atoms with Crippen molar-refractivity contribution in [1.29, 1.82) is 0 Å². The Morgan fingerprint density at radius 1 is 1.11 bits per heavy atom. The number of halogens is 2. The molecule has 3 rings (SSSR count). The van der Waals surface area contributed by atoms with Crippen LogP contribution in [0.3, 0.4) is 0 Å². The lowest BCUT2D eigenvalue weighted by molar-refractivity contribution is 0.568. The third kappa shape index (κ3) is 1.97. The van der Waals surface area contributed by atoms with Crippen molar-refractivity contribution in [1.82, 2.24) is 10.2 Å². The highest BCUT2D eigenvalue weighted by molar-refractivity contribution is 5.87. The van der Waals surface area contributed by atoms with Crippen LogP contribution in [0.2, 0.25) is 0 Å². The fourth-order valence-corrected chi connectivity index (χ4v) is 1.96. The molecule has 1 aromatic carbocycles. The molecule has 0 spiro atoms. The summed E-state index contributed by atoms with van der Waals surface area (Å²) in [5.41, 5.74) is 7.78. The number of H-pyrrole nitrogens is 1. The molecular formula is C13H9F2N3O. The van der Waals surface area contributed by atoms with Crippen LogP contribution in [0.5, 0.6) is 0 Å². The van der Waals surface area contributed by atoms with Gasteiger partial charge in [-0.3, -0.25) is 5.10 Å². The molecule has 2 heterocycles. The fourth-order valence-electron chi connectivity index (χ4n) is 1.96. The average molecular weight is 261 g/mol. The molecule has 0 amide bonds. The van der Waals surface area contributed by atoms with Crippen LogP contribution in [0.1, 0.15) is 0 Å². The van der Waals surface area contributed by atoms with Crippen molar-refractivity contribution < 1.29 is 13.2 Å². The molecule has 6 heteroatoms. The first-order valence-corrected chi connectivity index (χ1v) is 5.48. The topological polar surface area (TPSA) is 67.8 Å². The molecule has 0 radical (unpaired) electrons. The van der Waals surface area contributed by atoms with Gasteiger partial charge in [0.25, 0.3) is 0 Å². The molecule has 0 saturated carbocycles. The smallest absolute Gasteiger partial charge is 0.153 e. The van der Waals surface area contributed by atoms with Crippen LogP contribution in [-0.4, -0.2) is 10.2 Å². The van der Waals surface area contributed by atoms with E-state index in [4.69, 9.17) is 10.2 Å². The standard InChI is InChI=1S/C13H9F2N3O/c14-9-3-8(4-10(15)5-9)11-12(17-18-13(11)16)7-1-2-19-6-7/h1-6H,(H3,16,17,18). The van der Waals surface area contributed by atoms with Gasteiger partial charge in [0.2, 0.25) is 0 Å². The number of furan rings is 1. The van der Waals surface area contributed by atoms with E-state index in [0.29, 0.717) is 22.4 Å². The number of hydrogen-bond donors (Lipinski definition) is 2. The molecule has 0 atom stereocenters. The lowest BCUT2D eigenvalue weighted by Crippen LogP contribution is -1.90. The summed E-state index contributed by atoms with van der Waals surface area (Å²) < 4.78 is 31.6. The van der Waals surface area contributed by atoms with E-state index < -0.39 is 11.6 Å². The van der Waals surface area contributed by atoms with Crippen LogP contribution in [0, 0.1) is 11.6 Å². The Morgan fingerprint density at radius 3 is 2.47 bits per heavy atom. The van der Waals surface area contributed by atoms with Crippen molar-refractivity contribution in [3.63, 3.8) is 0 Å². The van der Waals surface area contributed by atoms with E-state index in [1.54, 1.807) is 6.07 Å². The second kappa shape index (κ2) is 4.24. The summed E-state index contributed by atoms with van der Waals surface area (Å²) in [5, 5.41) is 6.61. The molecule has 3 aromatic rings. The number of rotatable bonds is 2. The summed E-state index contributed by atoms with van der Waals surface area (Å²) >= 11 is 0. The zero-order chi connectivity index (χ0) is 13.4. The number of aromatic nitrogens is 2. The Hall–Kier alpha value is -2.63. The van der Waals surface area contributed by atoms with E-state index in [0.717, 1.165) is 6.07 Å². The molecule has 96 valence electrons. The van der Waals surface area contributed by atoms with Gasteiger partial charge in [-0.15, -0.1) is 0 Å². The molecule has 0 bridgehead atoms. The predicted octanol–water partition coefficient (Wildman–Crippen LogP) is 3.20. The maximum atomic E-state index is 13.3. The van der Waals surface area contributed by atoms with Gasteiger partial charge in [0, 0.05) is 11.6 Å². The van der Waals surface area contributed by atoms with Crippen molar-refractivity contribution in [2.24, 2.45) is 0 Å². The first kappa shape index (κ1) is 11.5. The summed E-state index contributed by atoms with van der Waals surface area (Å²) in [7, 11) is 0. The van der Waals surface area contributed by atoms with E-state index in [9.17, 15) is 8.78 Å². The monoisotopic (exact) mass is 261 g/mol. The molecule has 0 saturated heterocycles. The van der Waals surface area contributed by atoms with Crippen molar-refractivity contribution >= 4 is 5.82 Å². The molecule has 0 aliphatic carbocycles. The molecular weight excluding hydrogens is 252 g/mol. The van der Waals surface area contributed by atoms with Gasteiger partial charge in [-0.25, -0.2) is 8.78 Å². The van der Waals surface area contributed by atoms with Crippen LogP contribution >= 0.6 is 0 Å². The molecule has 3 N–H and O–H groups in total. The summed E-state index contributed by atoms with van der Waals surface area (Å²) in [6, 6.07) is 4.91. The van der Waals surface area contributed by atoms with Crippen molar-refractivity contribution in [3.05, 3.63) is 48.4 Å². The van der Waals surface area contributed by atoms with Crippen LogP contribution < -0.4 is 5.73 Å². The summed E-state index contributed by atoms with van der Waals surface area (Å²) in [6.07, 6.45) is 2.98. The van der Waals surface area contributed by atoms with E-state index in [2.05, 4.69) is 10.2 Å². The summed E-state index contributed by atoms with van der Waals surface area (Å²) in [5.74, 6) is -1.18. The van der Waals surface area contributed by atoms with Gasteiger partial charge in [-0.05, 0) is 23.8 Å². The van der Waals surface area contributed by atoms with Crippen LogP contribution in [-0.2, 0) is 0 Å². The van der Waals surface area contributed by atoms with Gasteiger partial charge in [-0.2, -0.15) is 5.10 Å². The Balaban J connectivity index is 2.22. The van der Waals surface area contributed by atoms with Gasteiger partial charge in [-0.1, -0.05) is 0 Å². The highest BCUT2D eigenvalue weighted by Gasteiger charge is 2.16. The van der Waals surface area contributed by atoms with Gasteiger partial charge >= 0.3 is 0 Å². The number of anilines is 1. The number of nitrogen functional groups attached to an aromatic ring is 1.